The van der Waals surface area contributed by atoms with E-state index in [9.17, 15) is 5.11 Å². The molecule has 0 N–H and O–H groups in total. The summed E-state index contributed by atoms with van der Waals surface area (Å²) in [6.45, 7) is 1.84. The Hall–Kier alpha value is -2.05. The predicted molar refractivity (Wildman–Crippen MR) is 133 cm³/mol. The lowest BCUT2D eigenvalue weighted by atomic mass is 9.71. The lowest BCUT2D eigenvalue weighted by Gasteiger charge is -2.48. The molecular weight excluding hydrogens is 471 g/mol. The Morgan fingerprint density at radius 3 is 2.47 bits per heavy atom. The smallest absolute Gasteiger partial charge is 0.191 e. The highest BCUT2D eigenvalue weighted by Crippen LogP contribution is 2.41. The third kappa shape index (κ3) is 5.77. The van der Waals surface area contributed by atoms with Gasteiger partial charge in [-0.3, -0.25) is 0 Å². The molecule has 0 amide bonds. The van der Waals surface area contributed by atoms with Gasteiger partial charge in [-0.1, -0.05) is 96.4 Å². The molecule has 7 heteroatoms. The minimum Gasteiger partial charge on any atom is -0.841 e. The minimum atomic E-state index is -1.39. The molecule has 1 aliphatic carbocycles. The van der Waals surface area contributed by atoms with Crippen molar-refractivity contribution in [3.63, 3.8) is 0 Å². The molecule has 1 aromatic heterocycles. The maximum atomic E-state index is 14.5. The fraction of sp³-hybridized carbons (Fsp3) is 0.444. The summed E-state index contributed by atoms with van der Waals surface area (Å²) in [5.41, 5.74) is -0.129. The van der Waals surface area contributed by atoms with Gasteiger partial charge in [0.1, 0.15) is 25.4 Å². The van der Waals surface area contributed by atoms with Gasteiger partial charge in [0.2, 0.25) is 0 Å². The number of likely N-dealkylation sites (N-methyl/N-ethyl adjacent to an activating group) is 1. The van der Waals surface area contributed by atoms with Crippen LogP contribution in [0.25, 0.3) is 0 Å². The quantitative estimate of drug-likeness (QED) is 0.345. The predicted octanol–water partition coefficient (Wildman–Crippen LogP) is 5.82. The number of halogens is 2. The molecule has 0 aliphatic heterocycles. The fourth-order valence-corrected chi connectivity index (χ4v) is 5.12. The van der Waals surface area contributed by atoms with Crippen LogP contribution in [0.3, 0.4) is 0 Å². The van der Waals surface area contributed by atoms with Crippen molar-refractivity contribution in [3.8, 4) is 5.75 Å². The summed E-state index contributed by atoms with van der Waals surface area (Å²) in [6, 6.07) is 16.8. The first-order chi connectivity index (χ1) is 16.3. The van der Waals surface area contributed by atoms with E-state index in [1.165, 1.54) is 6.42 Å². The first-order valence-electron chi connectivity index (χ1n) is 11.9. The zero-order valence-corrected chi connectivity index (χ0v) is 21.3. The van der Waals surface area contributed by atoms with Gasteiger partial charge in [0, 0.05) is 12.1 Å². The van der Waals surface area contributed by atoms with Crippen molar-refractivity contribution in [1.82, 2.24) is 5.16 Å². The Labute approximate surface area is 211 Å². The van der Waals surface area contributed by atoms with Crippen molar-refractivity contribution >= 4 is 23.2 Å². The fourth-order valence-electron chi connectivity index (χ4n) is 4.83. The number of hydrogen-bond acceptors (Lipinski definition) is 4. The summed E-state index contributed by atoms with van der Waals surface area (Å²) < 4.78 is 12.2. The van der Waals surface area contributed by atoms with Gasteiger partial charge in [-0.05, 0) is 23.7 Å². The summed E-state index contributed by atoms with van der Waals surface area (Å²) in [4.78, 5) is 0. The van der Waals surface area contributed by atoms with E-state index in [0.717, 1.165) is 37.8 Å². The Kier molecular flexibility index (Phi) is 7.88. The van der Waals surface area contributed by atoms with Crippen LogP contribution in [0.4, 0.5) is 0 Å². The molecule has 1 aliphatic rings. The summed E-state index contributed by atoms with van der Waals surface area (Å²) in [5.74, 6) is 1.41. The van der Waals surface area contributed by atoms with E-state index < -0.39 is 5.60 Å². The number of aromatic nitrogens is 1. The highest BCUT2D eigenvalue weighted by molar-refractivity contribution is 6.42. The van der Waals surface area contributed by atoms with E-state index in [1.807, 2.05) is 36.4 Å². The van der Waals surface area contributed by atoms with Gasteiger partial charge in [0.05, 0.1) is 29.8 Å². The molecule has 34 heavy (non-hydrogen) atoms. The van der Waals surface area contributed by atoms with Crippen molar-refractivity contribution in [2.75, 3.05) is 27.2 Å². The highest BCUT2D eigenvalue weighted by Gasteiger charge is 2.35. The molecule has 3 aromatic rings. The molecule has 1 atom stereocenters. The van der Waals surface area contributed by atoms with Crippen molar-refractivity contribution in [2.45, 2.75) is 44.2 Å². The molecule has 4 rings (SSSR count). The molecule has 1 fully saturated rings. The van der Waals surface area contributed by atoms with Gasteiger partial charge in [-0.2, -0.15) is 0 Å². The van der Waals surface area contributed by atoms with Crippen LogP contribution in [0.1, 0.15) is 49.1 Å². The van der Waals surface area contributed by atoms with Gasteiger partial charge in [0.25, 0.3) is 0 Å². The Bertz CT molecular complexity index is 1080. The van der Waals surface area contributed by atoms with Gasteiger partial charge in [-0.25, -0.2) is 0 Å². The first-order valence-corrected chi connectivity index (χ1v) is 12.7. The minimum absolute atomic E-state index is 0.0173. The highest BCUT2D eigenvalue weighted by atomic mass is 35.5. The molecule has 1 unspecified atom stereocenters. The average Bonchev–Trinajstić information content (AvgIpc) is 3.30. The molecule has 1 saturated carbocycles. The molecule has 0 spiro atoms. The maximum Gasteiger partial charge on any atom is 0.191 e. The van der Waals surface area contributed by atoms with Crippen molar-refractivity contribution < 1.29 is 18.8 Å². The number of benzene rings is 2. The van der Waals surface area contributed by atoms with Crippen molar-refractivity contribution in [3.05, 3.63) is 81.7 Å². The van der Waals surface area contributed by atoms with E-state index in [0.29, 0.717) is 44.9 Å². The summed E-state index contributed by atoms with van der Waals surface area (Å²) in [5, 5.41) is 19.7. The van der Waals surface area contributed by atoms with Crippen LogP contribution in [0, 0.1) is 5.92 Å². The summed E-state index contributed by atoms with van der Waals surface area (Å²) in [7, 11) is 4.20. The number of quaternary nitrogens is 1. The lowest BCUT2D eigenvalue weighted by molar-refractivity contribution is -0.904. The molecule has 0 bridgehead atoms. The van der Waals surface area contributed by atoms with Crippen LogP contribution in [0.2, 0.25) is 10.0 Å². The van der Waals surface area contributed by atoms with E-state index >= 15 is 0 Å². The maximum absolute atomic E-state index is 14.5. The molecule has 182 valence electrons. The monoisotopic (exact) mass is 502 g/mol. The van der Waals surface area contributed by atoms with E-state index in [-0.39, 0.29) is 5.92 Å². The largest absolute Gasteiger partial charge is 0.841 e. The van der Waals surface area contributed by atoms with Gasteiger partial charge in [-0.15, -0.1) is 0 Å². The van der Waals surface area contributed by atoms with Crippen molar-refractivity contribution in [1.29, 1.82) is 0 Å². The second kappa shape index (κ2) is 10.7. The lowest BCUT2D eigenvalue weighted by Crippen LogP contribution is -2.49. The number of ether oxygens (including phenoxy) is 1. The number of rotatable bonds is 9. The molecular formula is C27H32Cl2N2O3. The topological polar surface area (TPSA) is 58.3 Å². The molecule has 2 aromatic carbocycles. The van der Waals surface area contributed by atoms with Crippen LogP contribution in [-0.4, -0.2) is 36.9 Å². The molecule has 0 saturated heterocycles. The van der Waals surface area contributed by atoms with Crippen LogP contribution in [0.5, 0.6) is 5.75 Å². The van der Waals surface area contributed by atoms with Gasteiger partial charge >= 0.3 is 0 Å². The Morgan fingerprint density at radius 1 is 1.03 bits per heavy atom. The average molecular weight is 503 g/mol. The van der Waals surface area contributed by atoms with Crippen molar-refractivity contribution in [2.24, 2.45) is 5.92 Å². The SMILES string of the molecule is C[N+](C)(CCOc1ccc(Cl)c(Cl)c1)Cc1cc(C([O-])(c2ccccc2)C2CCCCC2)no1. The Morgan fingerprint density at radius 2 is 1.76 bits per heavy atom. The number of nitrogens with zero attached hydrogens (tertiary/aromatic N) is 2. The van der Waals surface area contributed by atoms with E-state index in [4.69, 9.17) is 32.5 Å². The number of hydrogen-bond donors (Lipinski definition) is 0. The van der Waals surface area contributed by atoms with Crippen LogP contribution < -0.4 is 9.84 Å². The third-order valence-corrected chi connectivity index (χ3v) is 7.50. The first kappa shape index (κ1) is 25.1. The Balaban J connectivity index is 1.45. The second-order valence-electron chi connectivity index (χ2n) is 9.86. The van der Waals surface area contributed by atoms with Crippen LogP contribution in [0.15, 0.2) is 59.1 Å². The normalized spacial score (nSPS) is 16.9. The van der Waals surface area contributed by atoms with Crippen LogP contribution >= 0.6 is 23.2 Å². The molecule has 1 heterocycles. The summed E-state index contributed by atoms with van der Waals surface area (Å²) >= 11 is 12.0. The van der Waals surface area contributed by atoms with Crippen LogP contribution in [-0.2, 0) is 12.1 Å². The standard InChI is InChI=1S/C27H32Cl2N2O3/c1-31(2,15-16-33-22-13-14-24(28)25(29)17-22)19-23-18-26(30-34-23)27(32,20-9-5-3-6-10-20)21-11-7-4-8-12-21/h3,5-6,9-10,13-14,17-18,21H,4,7-8,11-12,15-16,19H2,1-2H3. The van der Waals surface area contributed by atoms with Gasteiger partial charge in [0.15, 0.2) is 5.76 Å². The molecule has 5 nitrogen and oxygen atoms in total. The van der Waals surface area contributed by atoms with E-state index in [1.54, 1.807) is 18.2 Å². The second-order valence-corrected chi connectivity index (χ2v) is 10.7. The van der Waals surface area contributed by atoms with E-state index in [2.05, 4.69) is 19.3 Å². The molecule has 0 radical (unpaired) electrons. The van der Waals surface area contributed by atoms with Gasteiger partial charge < -0.3 is 18.8 Å². The third-order valence-electron chi connectivity index (χ3n) is 6.76. The summed E-state index contributed by atoms with van der Waals surface area (Å²) in [6.07, 6.45) is 5.23. The zero-order valence-electron chi connectivity index (χ0n) is 19.8. The zero-order chi connectivity index (χ0) is 24.2.